The van der Waals surface area contributed by atoms with E-state index in [0.717, 1.165) is 25.9 Å². The lowest BCUT2D eigenvalue weighted by molar-refractivity contribution is 0.589. The maximum atomic E-state index is 6.05. The van der Waals surface area contributed by atoms with Gasteiger partial charge in [-0.15, -0.1) is 11.6 Å². The van der Waals surface area contributed by atoms with Crippen LogP contribution in [-0.2, 0) is 6.42 Å². The molecule has 0 aromatic heterocycles. The first-order valence-electron chi connectivity index (χ1n) is 6.71. The summed E-state index contributed by atoms with van der Waals surface area (Å²) in [7, 11) is 0. The van der Waals surface area contributed by atoms with Gasteiger partial charge in [0.1, 0.15) is 0 Å². The molecule has 0 fully saturated rings. The monoisotopic (exact) mass is 253 g/mol. The van der Waals surface area contributed by atoms with Gasteiger partial charge in [-0.05, 0) is 50.8 Å². The van der Waals surface area contributed by atoms with Crippen molar-refractivity contribution in [2.75, 3.05) is 13.1 Å². The summed E-state index contributed by atoms with van der Waals surface area (Å²) in [4.78, 5) is 0. The van der Waals surface area contributed by atoms with Crippen molar-refractivity contribution in [1.82, 2.24) is 5.32 Å². The van der Waals surface area contributed by atoms with Gasteiger partial charge in [0, 0.05) is 5.38 Å². The predicted molar refractivity (Wildman–Crippen MR) is 76.8 cm³/mol. The number of unbranched alkanes of at least 4 members (excludes halogenated alkanes) is 1. The number of halogens is 1. The molecule has 1 nitrogen and oxygen atoms in total. The zero-order valence-corrected chi connectivity index (χ0v) is 11.5. The van der Waals surface area contributed by atoms with Gasteiger partial charge in [0.25, 0.3) is 0 Å². The molecular weight excluding hydrogens is 230 g/mol. The smallest absolute Gasteiger partial charge is 0.0345 e. The van der Waals surface area contributed by atoms with E-state index in [1.54, 1.807) is 0 Å². The molecule has 1 rings (SSSR count). The number of benzene rings is 1. The van der Waals surface area contributed by atoms with Crippen LogP contribution in [0.1, 0.15) is 38.2 Å². The van der Waals surface area contributed by atoms with E-state index in [1.807, 2.05) is 0 Å². The number of nitrogens with one attached hydrogen (secondary N) is 1. The molecule has 1 aromatic carbocycles. The van der Waals surface area contributed by atoms with Gasteiger partial charge in [-0.1, -0.05) is 37.3 Å². The largest absolute Gasteiger partial charge is 0.317 e. The minimum absolute atomic E-state index is 0.340. The fourth-order valence-corrected chi connectivity index (χ4v) is 1.92. The molecule has 0 bridgehead atoms. The van der Waals surface area contributed by atoms with Gasteiger partial charge in [-0.25, -0.2) is 0 Å². The molecule has 1 unspecified atom stereocenters. The molecule has 0 saturated carbocycles. The summed E-state index contributed by atoms with van der Waals surface area (Å²) >= 11 is 6.05. The van der Waals surface area contributed by atoms with Crippen LogP contribution >= 0.6 is 11.6 Å². The third kappa shape index (κ3) is 7.40. The minimum Gasteiger partial charge on any atom is -0.317 e. The summed E-state index contributed by atoms with van der Waals surface area (Å²) in [6.07, 6.45) is 5.84. The van der Waals surface area contributed by atoms with Crippen molar-refractivity contribution >= 4 is 11.6 Å². The molecule has 0 radical (unpaired) electrons. The first-order valence-corrected chi connectivity index (χ1v) is 7.15. The quantitative estimate of drug-likeness (QED) is 0.518. The van der Waals surface area contributed by atoms with Gasteiger partial charge in [0.2, 0.25) is 0 Å². The fourth-order valence-electron chi connectivity index (χ4n) is 1.81. The van der Waals surface area contributed by atoms with Crippen LogP contribution in [0.2, 0.25) is 0 Å². The Morgan fingerprint density at radius 3 is 2.59 bits per heavy atom. The highest BCUT2D eigenvalue weighted by atomic mass is 35.5. The molecule has 1 aromatic rings. The standard InChI is InChI=1S/C15H24ClN/c1-2-15(16)11-13-17-12-7-6-10-14-8-4-3-5-9-14/h3-5,8-9,15,17H,2,6-7,10-13H2,1H3. The predicted octanol–water partition coefficient (Wildman–Crippen LogP) is 4.01. The maximum Gasteiger partial charge on any atom is 0.0345 e. The van der Waals surface area contributed by atoms with Crippen molar-refractivity contribution in [1.29, 1.82) is 0 Å². The van der Waals surface area contributed by atoms with E-state index in [1.165, 1.54) is 24.8 Å². The molecule has 1 atom stereocenters. The second kappa shape index (κ2) is 9.49. The number of alkyl halides is 1. The highest BCUT2D eigenvalue weighted by molar-refractivity contribution is 6.20. The Hall–Kier alpha value is -0.530. The lowest BCUT2D eigenvalue weighted by atomic mass is 10.1. The second-order valence-electron chi connectivity index (χ2n) is 4.49. The van der Waals surface area contributed by atoms with Crippen LogP contribution in [0.25, 0.3) is 0 Å². The topological polar surface area (TPSA) is 12.0 Å². The van der Waals surface area contributed by atoms with E-state index in [-0.39, 0.29) is 0 Å². The fraction of sp³-hybridized carbons (Fsp3) is 0.600. The molecule has 17 heavy (non-hydrogen) atoms. The molecule has 1 N–H and O–H groups in total. The Labute approximate surface area is 111 Å². The summed E-state index contributed by atoms with van der Waals surface area (Å²) in [5, 5.41) is 3.79. The van der Waals surface area contributed by atoms with Gasteiger partial charge in [-0.3, -0.25) is 0 Å². The van der Waals surface area contributed by atoms with E-state index in [9.17, 15) is 0 Å². The number of rotatable bonds is 9. The summed E-state index contributed by atoms with van der Waals surface area (Å²) in [6.45, 7) is 4.30. The summed E-state index contributed by atoms with van der Waals surface area (Å²) in [6, 6.07) is 10.7. The zero-order chi connectivity index (χ0) is 12.3. The third-order valence-electron chi connectivity index (χ3n) is 2.99. The van der Waals surface area contributed by atoms with E-state index in [2.05, 4.69) is 42.6 Å². The van der Waals surface area contributed by atoms with Crippen LogP contribution in [0.15, 0.2) is 30.3 Å². The van der Waals surface area contributed by atoms with Crippen LogP contribution in [0.4, 0.5) is 0 Å². The van der Waals surface area contributed by atoms with Crippen molar-refractivity contribution in [2.45, 2.75) is 44.4 Å². The first kappa shape index (κ1) is 14.5. The molecule has 0 amide bonds. The summed E-state index contributed by atoms with van der Waals surface area (Å²) < 4.78 is 0. The van der Waals surface area contributed by atoms with Crippen LogP contribution in [-0.4, -0.2) is 18.5 Å². The maximum absolute atomic E-state index is 6.05. The average Bonchev–Trinajstić information content (AvgIpc) is 2.38. The molecule has 0 aliphatic heterocycles. The van der Waals surface area contributed by atoms with Gasteiger partial charge in [0.15, 0.2) is 0 Å². The van der Waals surface area contributed by atoms with Gasteiger partial charge >= 0.3 is 0 Å². The Morgan fingerprint density at radius 2 is 1.88 bits per heavy atom. The van der Waals surface area contributed by atoms with E-state index in [0.29, 0.717) is 5.38 Å². The van der Waals surface area contributed by atoms with E-state index in [4.69, 9.17) is 11.6 Å². The molecule has 0 heterocycles. The Bertz CT molecular complexity index is 274. The number of hydrogen-bond acceptors (Lipinski definition) is 1. The zero-order valence-electron chi connectivity index (χ0n) is 10.8. The minimum atomic E-state index is 0.340. The number of hydrogen-bond donors (Lipinski definition) is 1. The van der Waals surface area contributed by atoms with Crippen molar-refractivity contribution in [3.8, 4) is 0 Å². The Morgan fingerprint density at radius 1 is 1.12 bits per heavy atom. The summed E-state index contributed by atoms with van der Waals surface area (Å²) in [5.41, 5.74) is 1.44. The third-order valence-corrected chi connectivity index (χ3v) is 3.52. The lowest BCUT2D eigenvalue weighted by Crippen LogP contribution is -2.19. The first-order chi connectivity index (χ1) is 8.33. The highest BCUT2D eigenvalue weighted by Crippen LogP contribution is 2.05. The van der Waals surface area contributed by atoms with Crippen LogP contribution in [0.3, 0.4) is 0 Å². The molecular formula is C15H24ClN. The lowest BCUT2D eigenvalue weighted by Gasteiger charge is -2.07. The Kier molecular flexibility index (Phi) is 8.12. The molecule has 0 aliphatic rings. The van der Waals surface area contributed by atoms with Crippen LogP contribution < -0.4 is 5.32 Å². The molecule has 0 spiro atoms. The Balaban J connectivity index is 1.91. The molecule has 96 valence electrons. The van der Waals surface area contributed by atoms with Crippen molar-refractivity contribution < 1.29 is 0 Å². The van der Waals surface area contributed by atoms with Gasteiger partial charge in [0.05, 0.1) is 0 Å². The van der Waals surface area contributed by atoms with Crippen molar-refractivity contribution in [2.24, 2.45) is 0 Å². The SMILES string of the molecule is CCC(Cl)CCNCCCCc1ccccc1. The van der Waals surface area contributed by atoms with Crippen molar-refractivity contribution in [3.05, 3.63) is 35.9 Å². The van der Waals surface area contributed by atoms with E-state index >= 15 is 0 Å². The molecule has 0 aliphatic carbocycles. The van der Waals surface area contributed by atoms with Crippen LogP contribution in [0, 0.1) is 0 Å². The number of aryl methyl sites for hydroxylation is 1. The molecule has 2 heteroatoms. The highest BCUT2D eigenvalue weighted by Gasteiger charge is 1.99. The average molecular weight is 254 g/mol. The second-order valence-corrected chi connectivity index (χ2v) is 5.10. The van der Waals surface area contributed by atoms with Gasteiger partial charge in [-0.2, -0.15) is 0 Å². The normalized spacial score (nSPS) is 12.6. The van der Waals surface area contributed by atoms with Crippen molar-refractivity contribution in [3.63, 3.8) is 0 Å². The van der Waals surface area contributed by atoms with Crippen LogP contribution in [0.5, 0.6) is 0 Å². The van der Waals surface area contributed by atoms with Gasteiger partial charge < -0.3 is 5.32 Å². The summed E-state index contributed by atoms with van der Waals surface area (Å²) in [5.74, 6) is 0. The van der Waals surface area contributed by atoms with E-state index < -0.39 is 0 Å². The molecule has 0 saturated heterocycles.